The smallest absolute Gasteiger partial charge is 0.0948 e. The molecule has 2 aromatic rings. The molecule has 0 bridgehead atoms. The van der Waals surface area contributed by atoms with Gasteiger partial charge >= 0.3 is 0 Å². The molecule has 0 radical (unpaired) electrons. The lowest BCUT2D eigenvalue weighted by Gasteiger charge is -2.34. The zero-order valence-corrected chi connectivity index (χ0v) is 12.3. The first-order valence-electron chi connectivity index (χ1n) is 7.36. The van der Waals surface area contributed by atoms with Crippen molar-refractivity contribution in [1.82, 2.24) is 24.6 Å². The topological polar surface area (TPSA) is 47.7 Å². The Bertz CT molecular complexity index is 562. The van der Waals surface area contributed by atoms with Gasteiger partial charge in [0.2, 0.25) is 0 Å². The largest absolute Gasteiger partial charge is 0.334 e. The van der Waals surface area contributed by atoms with Crippen LogP contribution in [-0.4, -0.2) is 32.4 Å². The normalized spacial score (nSPS) is 18.3. The fraction of sp³-hybridized carbons (Fsp3) is 0.600. The highest BCUT2D eigenvalue weighted by Gasteiger charge is 2.31. The molecule has 1 aliphatic heterocycles. The Kier molecular flexibility index (Phi) is 3.61. The number of aromatic nitrogens is 4. The van der Waals surface area contributed by atoms with E-state index in [1.54, 1.807) is 0 Å². The molecule has 5 heteroatoms. The van der Waals surface area contributed by atoms with Crippen molar-refractivity contribution in [3.8, 4) is 0 Å². The van der Waals surface area contributed by atoms with Gasteiger partial charge in [0.15, 0.2) is 0 Å². The van der Waals surface area contributed by atoms with Crippen molar-refractivity contribution in [2.45, 2.75) is 38.1 Å². The van der Waals surface area contributed by atoms with Gasteiger partial charge in [-0.15, -0.1) is 0 Å². The van der Waals surface area contributed by atoms with Gasteiger partial charge in [0.05, 0.1) is 12.5 Å². The molecule has 0 aliphatic carbocycles. The number of hydrogen-bond donors (Lipinski definition) is 1. The van der Waals surface area contributed by atoms with Crippen molar-refractivity contribution in [2.24, 2.45) is 7.05 Å². The second-order valence-electron chi connectivity index (χ2n) is 6.06. The highest BCUT2D eigenvalue weighted by Crippen LogP contribution is 2.32. The maximum Gasteiger partial charge on any atom is 0.0948 e. The maximum atomic E-state index is 4.38. The number of hydrogen-bond acceptors (Lipinski definition) is 3. The molecule has 2 aromatic heterocycles. The SMILES string of the molecule is Cn1cc(CCn2cncc2C2(C)CCNCC2)cn1. The number of rotatable bonds is 4. The molecule has 0 spiro atoms. The summed E-state index contributed by atoms with van der Waals surface area (Å²) in [5, 5.41) is 7.67. The van der Waals surface area contributed by atoms with E-state index in [0.717, 1.165) is 26.1 Å². The van der Waals surface area contributed by atoms with Gasteiger partial charge in [-0.2, -0.15) is 5.10 Å². The molecule has 20 heavy (non-hydrogen) atoms. The Balaban J connectivity index is 1.73. The number of nitrogens with one attached hydrogen (secondary N) is 1. The number of imidazole rings is 1. The summed E-state index contributed by atoms with van der Waals surface area (Å²) in [6, 6.07) is 0. The number of piperidine rings is 1. The molecule has 0 saturated carbocycles. The van der Waals surface area contributed by atoms with Gasteiger partial charge in [-0.25, -0.2) is 4.98 Å². The van der Waals surface area contributed by atoms with Gasteiger partial charge in [0, 0.05) is 37.1 Å². The molecule has 0 unspecified atom stereocenters. The summed E-state index contributed by atoms with van der Waals surface area (Å²) in [4.78, 5) is 4.38. The van der Waals surface area contributed by atoms with E-state index in [4.69, 9.17) is 0 Å². The molecule has 1 fully saturated rings. The maximum absolute atomic E-state index is 4.38. The van der Waals surface area contributed by atoms with Crippen molar-refractivity contribution < 1.29 is 0 Å². The van der Waals surface area contributed by atoms with Crippen molar-refractivity contribution in [3.05, 3.63) is 36.2 Å². The molecule has 1 saturated heterocycles. The minimum atomic E-state index is 0.261. The molecular formula is C15H23N5. The van der Waals surface area contributed by atoms with Gasteiger partial charge in [-0.3, -0.25) is 4.68 Å². The quantitative estimate of drug-likeness (QED) is 0.918. The Morgan fingerprint density at radius 3 is 2.80 bits per heavy atom. The summed E-state index contributed by atoms with van der Waals surface area (Å²) < 4.78 is 4.18. The molecule has 3 rings (SSSR count). The van der Waals surface area contributed by atoms with Crippen LogP contribution in [0.5, 0.6) is 0 Å². The average molecular weight is 273 g/mol. The lowest BCUT2D eigenvalue weighted by molar-refractivity contribution is 0.316. The van der Waals surface area contributed by atoms with Crippen LogP contribution in [0.4, 0.5) is 0 Å². The third-order valence-electron chi connectivity index (χ3n) is 4.44. The second kappa shape index (κ2) is 5.40. The first-order valence-corrected chi connectivity index (χ1v) is 7.36. The summed E-state index contributed by atoms with van der Waals surface area (Å²) in [6.07, 6.45) is 11.4. The van der Waals surface area contributed by atoms with Crippen molar-refractivity contribution in [3.63, 3.8) is 0 Å². The van der Waals surface area contributed by atoms with Crippen LogP contribution >= 0.6 is 0 Å². The van der Waals surface area contributed by atoms with E-state index in [0.29, 0.717) is 0 Å². The van der Waals surface area contributed by atoms with Gasteiger partial charge in [-0.05, 0) is 37.9 Å². The van der Waals surface area contributed by atoms with Gasteiger partial charge in [0.1, 0.15) is 0 Å². The van der Waals surface area contributed by atoms with Crippen molar-refractivity contribution >= 4 is 0 Å². The minimum absolute atomic E-state index is 0.261. The molecule has 5 nitrogen and oxygen atoms in total. The molecule has 1 N–H and O–H groups in total. The van der Waals surface area contributed by atoms with E-state index in [9.17, 15) is 0 Å². The molecule has 1 aliphatic rings. The lowest BCUT2D eigenvalue weighted by Crippen LogP contribution is -2.39. The first-order chi connectivity index (χ1) is 9.67. The lowest BCUT2D eigenvalue weighted by atomic mass is 9.78. The molecule has 0 amide bonds. The highest BCUT2D eigenvalue weighted by atomic mass is 15.2. The fourth-order valence-corrected chi connectivity index (χ4v) is 3.09. The van der Waals surface area contributed by atoms with Crippen LogP contribution < -0.4 is 5.32 Å². The molecule has 3 heterocycles. The van der Waals surface area contributed by atoms with E-state index in [-0.39, 0.29) is 5.41 Å². The zero-order chi connectivity index (χ0) is 14.0. The van der Waals surface area contributed by atoms with Crippen LogP contribution in [0.3, 0.4) is 0 Å². The minimum Gasteiger partial charge on any atom is -0.334 e. The third kappa shape index (κ3) is 2.63. The zero-order valence-electron chi connectivity index (χ0n) is 12.3. The Morgan fingerprint density at radius 1 is 1.30 bits per heavy atom. The van der Waals surface area contributed by atoms with Crippen molar-refractivity contribution in [1.29, 1.82) is 0 Å². The Labute approximate surface area is 120 Å². The van der Waals surface area contributed by atoms with Gasteiger partial charge in [0.25, 0.3) is 0 Å². The van der Waals surface area contributed by atoms with E-state index >= 15 is 0 Å². The number of nitrogens with zero attached hydrogens (tertiary/aromatic N) is 4. The van der Waals surface area contributed by atoms with E-state index in [1.165, 1.54) is 24.1 Å². The fourth-order valence-electron chi connectivity index (χ4n) is 3.09. The van der Waals surface area contributed by atoms with E-state index in [2.05, 4.69) is 39.3 Å². The number of aryl methyl sites for hydroxylation is 3. The second-order valence-corrected chi connectivity index (χ2v) is 6.06. The van der Waals surface area contributed by atoms with Crippen LogP contribution in [0.1, 0.15) is 31.0 Å². The molecular weight excluding hydrogens is 250 g/mol. The first kappa shape index (κ1) is 13.4. The summed E-state index contributed by atoms with van der Waals surface area (Å²) in [5.41, 5.74) is 2.92. The van der Waals surface area contributed by atoms with Crippen LogP contribution in [-0.2, 0) is 25.4 Å². The third-order valence-corrected chi connectivity index (χ3v) is 4.44. The molecule has 0 atom stereocenters. The summed E-state index contributed by atoms with van der Waals surface area (Å²) >= 11 is 0. The summed E-state index contributed by atoms with van der Waals surface area (Å²) in [7, 11) is 1.96. The standard InChI is InChI=1S/C15H23N5/c1-15(4-6-16-7-5-15)14-10-17-12-20(14)8-3-13-9-18-19(2)11-13/h9-12,16H,3-8H2,1-2H3. The van der Waals surface area contributed by atoms with Crippen LogP contribution in [0.25, 0.3) is 0 Å². The van der Waals surface area contributed by atoms with Gasteiger partial charge in [-0.1, -0.05) is 6.92 Å². The van der Waals surface area contributed by atoms with Crippen LogP contribution in [0.2, 0.25) is 0 Å². The average Bonchev–Trinajstić information content (AvgIpc) is 3.06. The highest BCUT2D eigenvalue weighted by molar-refractivity contribution is 5.16. The summed E-state index contributed by atoms with van der Waals surface area (Å²) in [6.45, 7) is 5.55. The molecule has 0 aromatic carbocycles. The predicted octanol–water partition coefficient (Wildman–Crippen LogP) is 1.50. The van der Waals surface area contributed by atoms with Gasteiger partial charge < -0.3 is 9.88 Å². The van der Waals surface area contributed by atoms with Crippen LogP contribution in [0.15, 0.2) is 24.9 Å². The van der Waals surface area contributed by atoms with E-state index < -0.39 is 0 Å². The van der Waals surface area contributed by atoms with Crippen LogP contribution in [0, 0.1) is 0 Å². The molecule has 108 valence electrons. The predicted molar refractivity (Wildman–Crippen MR) is 78.6 cm³/mol. The Hall–Kier alpha value is -1.62. The van der Waals surface area contributed by atoms with E-state index in [1.807, 2.05) is 24.3 Å². The van der Waals surface area contributed by atoms with Crippen molar-refractivity contribution in [2.75, 3.05) is 13.1 Å². The Morgan fingerprint density at radius 2 is 2.10 bits per heavy atom. The monoisotopic (exact) mass is 273 g/mol. The summed E-state index contributed by atoms with van der Waals surface area (Å²) in [5.74, 6) is 0.